The third-order valence-corrected chi connectivity index (χ3v) is 3.51. The van der Waals surface area contributed by atoms with Gasteiger partial charge in [-0.1, -0.05) is 35.9 Å². The van der Waals surface area contributed by atoms with E-state index in [1.165, 1.54) is 24.3 Å². The normalized spacial score (nSPS) is 10.6. The van der Waals surface area contributed by atoms with Crippen molar-refractivity contribution >= 4 is 29.6 Å². The van der Waals surface area contributed by atoms with Gasteiger partial charge in [0.05, 0.1) is 0 Å². The minimum Gasteiger partial charge on any atom is -0.452 e. The van der Waals surface area contributed by atoms with Gasteiger partial charge in [-0.15, -0.1) is 0 Å². The highest BCUT2D eigenvalue weighted by molar-refractivity contribution is 6.30. The van der Waals surface area contributed by atoms with Gasteiger partial charge in [-0.25, -0.2) is 9.18 Å². The molecule has 0 radical (unpaired) electrons. The number of halogens is 2. The monoisotopic (exact) mass is 361 g/mol. The number of esters is 1. The highest BCUT2D eigenvalue weighted by atomic mass is 35.5. The average Bonchev–Trinajstić information content (AvgIpc) is 2.60. The van der Waals surface area contributed by atoms with Gasteiger partial charge in [0.2, 0.25) is 0 Å². The molecule has 2 aromatic carbocycles. The molecule has 2 rings (SSSR count). The molecule has 0 fully saturated rings. The van der Waals surface area contributed by atoms with Crippen LogP contribution in [0.2, 0.25) is 5.02 Å². The number of carbonyl (C=O) groups excluding carboxylic acids is 2. The van der Waals surface area contributed by atoms with Crippen molar-refractivity contribution in [3.8, 4) is 0 Å². The predicted molar refractivity (Wildman–Crippen MR) is 94.6 cm³/mol. The standard InChI is InChI=1S/C19H17ClFNO3/c20-16-7-4-14(5-8-16)10-11-22-18(23)13-25-19(24)9-6-15-2-1-3-17(21)12-15/h1-9,12H,10-11,13H2,(H,22,23)/b9-6+. The Balaban J connectivity index is 1.67. The molecule has 0 unspecified atom stereocenters. The summed E-state index contributed by atoms with van der Waals surface area (Å²) in [5, 5.41) is 3.32. The van der Waals surface area contributed by atoms with Crippen molar-refractivity contribution in [3.63, 3.8) is 0 Å². The Morgan fingerprint density at radius 1 is 1.16 bits per heavy atom. The highest BCUT2D eigenvalue weighted by Gasteiger charge is 2.05. The molecule has 0 atom stereocenters. The molecule has 1 amide bonds. The molecule has 130 valence electrons. The van der Waals surface area contributed by atoms with Crippen molar-refractivity contribution in [1.29, 1.82) is 0 Å². The summed E-state index contributed by atoms with van der Waals surface area (Å²) < 4.78 is 17.8. The van der Waals surface area contributed by atoms with Gasteiger partial charge in [0.1, 0.15) is 5.82 Å². The van der Waals surface area contributed by atoms with Gasteiger partial charge in [0, 0.05) is 17.6 Å². The summed E-state index contributed by atoms with van der Waals surface area (Å²) in [7, 11) is 0. The first-order valence-electron chi connectivity index (χ1n) is 7.64. The Morgan fingerprint density at radius 2 is 1.92 bits per heavy atom. The first-order chi connectivity index (χ1) is 12.0. The number of benzene rings is 2. The van der Waals surface area contributed by atoms with Crippen molar-refractivity contribution in [2.24, 2.45) is 0 Å². The first kappa shape index (κ1) is 18.7. The first-order valence-corrected chi connectivity index (χ1v) is 8.02. The van der Waals surface area contributed by atoms with Gasteiger partial charge in [-0.2, -0.15) is 0 Å². The molecular weight excluding hydrogens is 345 g/mol. The fraction of sp³-hybridized carbons (Fsp3) is 0.158. The smallest absolute Gasteiger partial charge is 0.331 e. The summed E-state index contributed by atoms with van der Waals surface area (Å²) in [6, 6.07) is 13.1. The van der Waals surface area contributed by atoms with Crippen LogP contribution < -0.4 is 5.32 Å². The lowest BCUT2D eigenvalue weighted by Crippen LogP contribution is -2.30. The zero-order valence-corrected chi connectivity index (χ0v) is 14.1. The van der Waals surface area contributed by atoms with Gasteiger partial charge in [0.25, 0.3) is 5.91 Å². The van der Waals surface area contributed by atoms with Crippen LogP contribution in [-0.4, -0.2) is 25.0 Å². The van der Waals surface area contributed by atoms with Crippen molar-refractivity contribution in [3.05, 3.63) is 76.6 Å². The maximum absolute atomic E-state index is 13.0. The molecule has 0 aliphatic heterocycles. The zero-order valence-electron chi connectivity index (χ0n) is 13.4. The van der Waals surface area contributed by atoms with Gasteiger partial charge >= 0.3 is 5.97 Å². The van der Waals surface area contributed by atoms with E-state index < -0.39 is 11.8 Å². The quantitative estimate of drug-likeness (QED) is 0.607. The summed E-state index contributed by atoms with van der Waals surface area (Å²) >= 11 is 5.80. The largest absolute Gasteiger partial charge is 0.452 e. The van der Waals surface area contributed by atoms with Crippen molar-refractivity contribution in [2.75, 3.05) is 13.2 Å². The Morgan fingerprint density at radius 3 is 2.64 bits per heavy atom. The number of hydrogen-bond donors (Lipinski definition) is 1. The molecule has 6 heteroatoms. The number of carbonyl (C=O) groups is 2. The van der Waals surface area contributed by atoms with E-state index in [-0.39, 0.29) is 12.5 Å². The van der Waals surface area contributed by atoms with Crippen molar-refractivity contribution < 1.29 is 18.7 Å². The van der Waals surface area contributed by atoms with E-state index in [1.807, 2.05) is 12.1 Å². The molecule has 0 aliphatic rings. The Kier molecular flexibility index (Phi) is 7.16. The minimum absolute atomic E-state index is 0.368. The summed E-state index contributed by atoms with van der Waals surface area (Å²) in [4.78, 5) is 23.2. The molecule has 0 aromatic heterocycles. The highest BCUT2D eigenvalue weighted by Crippen LogP contribution is 2.09. The molecule has 1 N–H and O–H groups in total. The Hall–Kier alpha value is -2.66. The van der Waals surface area contributed by atoms with E-state index in [9.17, 15) is 14.0 Å². The predicted octanol–water partition coefficient (Wildman–Crippen LogP) is 3.39. The van der Waals surface area contributed by atoms with Crippen LogP contribution in [0, 0.1) is 5.82 Å². The summed E-state index contributed by atoms with van der Waals surface area (Å²) in [5.41, 5.74) is 1.57. The minimum atomic E-state index is -0.669. The van der Waals surface area contributed by atoms with Crippen LogP contribution in [0.25, 0.3) is 6.08 Å². The third-order valence-electron chi connectivity index (χ3n) is 3.26. The maximum Gasteiger partial charge on any atom is 0.331 e. The molecule has 0 heterocycles. The van der Waals surface area contributed by atoms with E-state index >= 15 is 0 Å². The van der Waals surface area contributed by atoms with Crippen LogP contribution in [0.3, 0.4) is 0 Å². The molecular formula is C19H17ClFNO3. The van der Waals surface area contributed by atoms with Crippen LogP contribution in [0.1, 0.15) is 11.1 Å². The molecule has 25 heavy (non-hydrogen) atoms. The fourth-order valence-corrected chi connectivity index (χ4v) is 2.13. The van der Waals surface area contributed by atoms with E-state index in [0.29, 0.717) is 23.6 Å². The Labute approximate surface area is 150 Å². The summed E-state index contributed by atoms with van der Waals surface area (Å²) in [5.74, 6) is -1.45. The lowest BCUT2D eigenvalue weighted by Gasteiger charge is -2.05. The van der Waals surface area contributed by atoms with Gasteiger partial charge in [-0.05, 0) is 47.9 Å². The molecule has 0 aliphatic carbocycles. The Bertz CT molecular complexity index is 760. The molecule has 0 saturated carbocycles. The number of rotatable bonds is 7. The van der Waals surface area contributed by atoms with Crippen LogP contribution >= 0.6 is 11.6 Å². The second-order valence-electron chi connectivity index (χ2n) is 5.22. The second-order valence-corrected chi connectivity index (χ2v) is 5.66. The summed E-state index contributed by atoms with van der Waals surface area (Å²) in [6.07, 6.45) is 3.22. The SMILES string of the molecule is O=C(COC(=O)/C=C/c1cccc(F)c1)NCCc1ccc(Cl)cc1. The number of nitrogens with one attached hydrogen (secondary N) is 1. The second kappa shape index (κ2) is 9.59. The molecule has 4 nitrogen and oxygen atoms in total. The van der Waals surface area contributed by atoms with E-state index in [0.717, 1.165) is 11.6 Å². The zero-order chi connectivity index (χ0) is 18.1. The molecule has 0 bridgehead atoms. The van der Waals surface area contributed by atoms with Crippen LogP contribution in [0.4, 0.5) is 4.39 Å². The van der Waals surface area contributed by atoms with E-state index in [2.05, 4.69) is 5.32 Å². The number of hydrogen-bond acceptors (Lipinski definition) is 3. The lowest BCUT2D eigenvalue weighted by atomic mass is 10.1. The lowest BCUT2D eigenvalue weighted by molar-refractivity contribution is -0.143. The number of ether oxygens (including phenoxy) is 1. The van der Waals surface area contributed by atoms with Crippen molar-refractivity contribution in [1.82, 2.24) is 5.32 Å². The van der Waals surface area contributed by atoms with Crippen molar-refractivity contribution in [2.45, 2.75) is 6.42 Å². The van der Waals surface area contributed by atoms with E-state index in [4.69, 9.17) is 16.3 Å². The topological polar surface area (TPSA) is 55.4 Å². The third kappa shape index (κ3) is 7.18. The van der Waals surface area contributed by atoms with E-state index in [1.54, 1.807) is 18.2 Å². The van der Waals surface area contributed by atoms with Crippen LogP contribution in [0.15, 0.2) is 54.6 Å². The average molecular weight is 362 g/mol. The molecule has 0 spiro atoms. The van der Waals surface area contributed by atoms with Crippen LogP contribution in [0.5, 0.6) is 0 Å². The van der Waals surface area contributed by atoms with Gasteiger partial charge < -0.3 is 10.1 Å². The fourth-order valence-electron chi connectivity index (χ4n) is 2.01. The summed E-state index contributed by atoms with van der Waals surface area (Å²) in [6.45, 7) is 0.0596. The van der Waals surface area contributed by atoms with Crippen LogP contribution in [-0.2, 0) is 20.7 Å². The van der Waals surface area contributed by atoms with Gasteiger partial charge in [0.15, 0.2) is 6.61 Å². The van der Waals surface area contributed by atoms with Gasteiger partial charge in [-0.3, -0.25) is 4.79 Å². The maximum atomic E-state index is 13.0. The molecule has 0 saturated heterocycles. The molecule has 2 aromatic rings. The number of amides is 1.